The molecule has 17 heavy (non-hydrogen) atoms. The summed E-state index contributed by atoms with van der Waals surface area (Å²) in [7, 11) is 0. The van der Waals surface area contributed by atoms with Crippen LogP contribution in [0.15, 0.2) is 0 Å². The van der Waals surface area contributed by atoms with Crippen LogP contribution in [0, 0.1) is 5.92 Å². The minimum atomic E-state index is -0.898. The minimum Gasteiger partial charge on any atom is -0.385 e. The van der Waals surface area contributed by atoms with Crippen LogP contribution in [0.2, 0.25) is 0 Å². The van der Waals surface area contributed by atoms with E-state index >= 15 is 0 Å². The second kappa shape index (κ2) is 4.92. The van der Waals surface area contributed by atoms with E-state index in [4.69, 9.17) is 4.74 Å². The summed E-state index contributed by atoms with van der Waals surface area (Å²) in [5.41, 5.74) is -0.898. The Morgan fingerprint density at radius 3 is 2.88 bits per heavy atom. The largest absolute Gasteiger partial charge is 0.385 e. The Morgan fingerprint density at radius 2 is 2.35 bits per heavy atom. The molecule has 0 bridgehead atoms. The van der Waals surface area contributed by atoms with Crippen LogP contribution < -0.4 is 10.6 Å². The van der Waals surface area contributed by atoms with E-state index in [0.29, 0.717) is 13.0 Å². The third-order valence-electron chi connectivity index (χ3n) is 4.09. The minimum absolute atomic E-state index is 0.0243. The van der Waals surface area contributed by atoms with Crippen LogP contribution in [0.3, 0.4) is 0 Å². The fraction of sp³-hybridized carbons (Fsp3) is 0.917. The van der Waals surface area contributed by atoms with Crippen molar-refractivity contribution in [2.24, 2.45) is 5.92 Å². The number of nitrogens with one attached hydrogen (secondary N) is 2. The third-order valence-corrected chi connectivity index (χ3v) is 4.09. The van der Waals surface area contributed by atoms with Gasteiger partial charge in [0.15, 0.2) is 0 Å². The fourth-order valence-corrected chi connectivity index (χ4v) is 2.59. The normalized spacial score (nSPS) is 41.7. The van der Waals surface area contributed by atoms with E-state index in [9.17, 15) is 9.90 Å². The Kier molecular flexibility index (Phi) is 3.70. The molecule has 2 aliphatic heterocycles. The van der Waals surface area contributed by atoms with Crippen LogP contribution in [-0.4, -0.2) is 48.5 Å². The van der Waals surface area contributed by atoms with Gasteiger partial charge in [-0.3, -0.25) is 4.79 Å². The molecule has 0 aromatic carbocycles. The summed E-state index contributed by atoms with van der Waals surface area (Å²) < 4.78 is 5.33. The molecule has 0 radical (unpaired) electrons. The van der Waals surface area contributed by atoms with Crippen molar-refractivity contribution in [2.75, 3.05) is 19.7 Å². The topological polar surface area (TPSA) is 70.6 Å². The number of carbonyl (C=O) groups is 1. The summed E-state index contributed by atoms with van der Waals surface area (Å²) in [6.45, 7) is 5.61. The standard InChI is InChI=1S/C12H22N2O3/c1-8-10(3-5-13-8)11(15)14-7-12(16)4-6-17-9(12)2/h8-10,13,16H,3-7H2,1-2H3,(H,14,15). The van der Waals surface area contributed by atoms with Crippen LogP contribution in [0.5, 0.6) is 0 Å². The van der Waals surface area contributed by atoms with Gasteiger partial charge in [0.05, 0.1) is 12.0 Å². The quantitative estimate of drug-likeness (QED) is 0.632. The van der Waals surface area contributed by atoms with E-state index in [2.05, 4.69) is 10.6 Å². The molecule has 2 rings (SSSR count). The Labute approximate surface area is 102 Å². The molecular formula is C12H22N2O3. The maximum Gasteiger partial charge on any atom is 0.224 e. The van der Waals surface area contributed by atoms with Crippen molar-refractivity contribution >= 4 is 5.91 Å². The molecule has 0 spiro atoms. The summed E-state index contributed by atoms with van der Waals surface area (Å²) in [4.78, 5) is 12.0. The van der Waals surface area contributed by atoms with Gasteiger partial charge < -0.3 is 20.5 Å². The summed E-state index contributed by atoms with van der Waals surface area (Å²) >= 11 is 0. The molecule has 0 aromatic rings. The summed E-state index contributed by atoms with van der Waals surface area (Å²) in [6.07, 6.45) is 1.26. The van der Waals surface area contributed by atoms with Crippen LogP contribution in [0.4, 0.5) is 0 Å². The van der Waals surface area contributed by atoms with Gasteiger partial charge in [0.25, 0.3) is 0 Å². The number of aliphatic hydroxyl groups is 1. The van der Waals surface area contributed by atoms with Crippen LogP contribution >= 0.6 is 0 Å². The van der Waals surface area contributed by atoms with E-state index in [-0.39, 0.29) is 30.5 Å². The zero-order valence-electron chi connectivity index (χ0n) is 10.5. The molecule has 1 amide bonds. The number of amides is 1. The van der Waals surface area contributed by atoms with Gasteiger partial charge >= 0.3 is 0 Å². The van der Waals surface area contributed by atoms with Gasteiger partial charge in [-0.25, -0.2) is 0 Å². The zero-order valence-corrected chi connectivity index (χ0v) is 10.5. The molecule has 2 saturated heterocycles. The first-order valence-corrected chi connectivity index (χ1v) is 6.38. The predicted molar refractivity (Wildman–Crippen MR) is 63.6 cm³/mol. The Bertz CT molecular complexity index is 297. The third kappa shape index (κ3) is 2.61. The fourth-order valence-electron chi connectivity index (χ4n) is 2.59. The van der Waals surface area contributed by atoms with E-state index in [1.54, 1.807) is 0 Å². The van der Waals surface area contributed by atoms with Gasteiger partial charge in [-0.2, -0.15) is 0 Å². The number of ether oxygens (including phenoxy) is 1. The van der Waals surface area contributed by atoms with Crippen molar-refractivity contribution in [1.82, 2.24) is 10.6 Å². The highest BCUT2D eigenvalue weighted by atomic mass is 16.5. The summed E-state index contributed by atoms with van der Waals surface area (Å²) in [6, 6.07) is 0.224. The maximum absolute atomic E-state index is 12.0. The molecule has 98 valence electrons. The molecule has 4 unspecified atom stereocenters. The lowest BCUT2D eigenvalue weighted by molar-refractivity contribution is -0.127. The molecule has 0 saturated carbocycles. The number of rotatable bonds is 3. The highest BCUT2D eigenvalue weighted by Gasteiger charge is 2.40. The van der Waals surface area contributed by atoms with Crippen molar-refractivity contribution in [3.05, 3.63) is 0 Å². The van der Waals surface area contributed by atoms with Gasteiger partial charge in [-0.05, 0) is 26.8 Å². The van der Waals surface area contributed by atoms with Gasteiger partial charge in [0, 0.05) is 25.6 Å². The Hall–Kier alpha value is -0.650. The average molecular weight is 242 g/mol. The Balaban J connectivity index is 1.83. The first kappa shape index (κ1) is 12.8. The van der Waals surface area contributed by atoms with Crippen molar-refractivity contribution in [3.8, 4) is 0 Å². The zero-order chi connectivity index (χ0) is 12.5. The van der Waals surface area contributed by atoms with Crippen molar-refractivity contribution in [2.45, 2.75) is 44.4 Å². The molecule has 2 aliphatic rings. The van der Waals surface area contributed by atoms with E-state index in [1.165, 1.54) is 0 Å². The highest BCUT2D eigenvalue weighted by Crippen LogP contribution is 2.25. The van der Waals surface area contributed by atoms with E-state index < -0.39 is 5.60 Å². The molecule has 3 N–H and O–H groups in total. The maximum atomic E-state index is 12.0. The van der Waals surface area contributed by atoms with Gasteiger partial charge in [0.2, 0.25) is 5.91 Å². The predicted octanol–water partition coefficient (Wildman–Crippen LogP) is -0.359. The van der Waals surface area contributed by atoms with Crippen molar-refractivity contribution in [3.63, 3.8) is 0 Å². The lowest BCUT2D eigenvalue weighted by Crippen LogP contribution is -2.49. The second-order valence-electron chi connectivity index (χ2n) is 5.22. The summed E-state index contributed by atoms with van der Waals surface area (Å²) in [5, 5.41) is 16.4. The number of hydrogen-bond donors (Lipinski definition) is 3. The highest BCUT2D eigenvalue weighted by molar-refractivity contribution is 5.79. The van der Waals surface area contributed by atoms with Gasteiger partial charge in [-0.15, -0.1) is 0 Å². The van der Waals surface area contributed by atoms with Gasteiger partial charge in [0.1, 0.15) is 5.60 Å². The summed E-state index contributed by atoms with van der Waals surface area (Å²) in [5.74, 6) is 0.0613. The number of hydrogen-bond acceptors (Lipinski definition) is 4. The second-order valence-corrected chi connectivity index (χ2v) is 5.22. The Morgan fingerprint density at radius 1 is 1.59 bits per heavy atom. The number of carbonyl (C=O) groups excluding carboxylic acids is 1. The average Bonchev–Trinajstić information content (AvgIpc) is 2.84. The molecule has 4 atom stereocenters. The lowest BCUT2D eigenvalue weighted by atomic mass is 9.95. The van der Waals surface area contributed by atoms with Crippen molar-refractivity contribution in [1.29, 1.82) is 0 Å². The smallest absolute Gasteiger partial charge is 0.224 e. The molecule has 0 aliphatic carbocycles. The van der Waals surface area contributed by atoms with Gasteiger partial charge in [-0.1, -0.05) is 0 Å². The molecule has 2 fully saturated rings. The first-order valence-electron chi connectivity index (χ1n) is 6.38. The molecule has 5 heteroatoms. The first-order chi connectivity index (χ1) is 8.03. The van der Waals surface area contributed by atoms with E-state index in [1.807, 2.05) is 13.8 Å². The van der Waals surface area contributed by atoms with Crippen molar-refractivity contribution < 1.29 is 14.6 Å². The van der Waals surface area contributed by atoms with E-state index in [0.717, 1.165) is 13.0 Å². The molecule has 0 aromatic heterocycles. The lowest BCUT2D eigenvalue weighted by Gasteiger charge is -2.27. The van der Waals surface area contributed by atoms with Crippen LogP contribution in [0.25, 0.3) is 0 Å². The van der Waals surface area contributed by atoms with Crippen LogP contribution in [0.1, 0.15) is 26.7 Å². The molecule has 2 heterocycles. The van der Waals surface area contributed by atoms with Crippen LogP contribution in [-0.2, 0) is 9.53 Å². The monoisotopic (exact) mass is 242 g/mol. The molecule has 5 nitrogen and oxygen atoms in total. The SMILES string of the molecule is CC1NCCC1C(=O)NCC1(O)CCOC1C. The molecular weight excluding hydrogens is 220 g/mol.